The molecule has 0 radical (unpaired) electrons. The molecule has 0 saturated carbocycles. The summed E-state index contributed by atoms with van der Waals surface area (Å²) in [4.78, 5) is 23.8. The first-order valence-corrected chi connectivity index (χ1v) is 9.54. The predicted octanol–water partition coefficient (Wildman–Crippen LogP) is 4.59. The van der Waals surface area contributed by atoms with E-state index in [9.17, 15) is 27.2 Å². The van der Waals surface area contributed by atoms with Crippen LogP contribution in [0.25, 0.3) is 0 Å². The molecule has 0 spiro atoms. The Kier molecular flexibility index (Phi) is 8.45. The summed E-state index contributed by atoms with van der Waals surface area (Å²) in [5.41, 5.74) is -0.575. The van der Waals surface area contributed by atoms with Crippen molar-refractivity contribution in [1.82, 2.24) is 4.90 Å². The minimum atomic E-state index is -1.72. The molecule has 0 fully saturated rings. The molecule has 0 aromatic heterocycles. The summed E-state index contributed by atoms with van der Waals surface area (Å²) in [6.45, 7) is 4.97. The van der Waals surface area contributed by atoms with Gasteiger partial charge in [0.1, 0.15) is 0 Å². The normalized spacial score (nSPS) is 13.6. The number of benzene rings is 1. The van der Waals surface area contributed by atoms with Crippen LogP contribution in [-0.4, -0.2) is 36.3 Å². The molecule has 1 aliphatic heterocycles. The number of amides is 1. The lowest BCUT2D eigenvalue weighted by Crippen LogP contribution is -2.27. The monoisotopic (exact) mass is 431 g/mol. The Morgan fingerprint density at radius 3 is 2.17 bits per heavy atom. The molecule has 1 aromatic carbocycles. The van der Waals surface area contributed by atoms with Gasteiger partial charge in [0.05, 0.1) is 17.1 Å². The SMILES string of the molecule is C=C1C=CC(=O)N1CCOCCCCCCC(=O)c1c(F)c(F)c(S)c(F)c1F. The van der Waals surface area contributed by atoms with Crippen LogP contribution < -0.4 is 0 Å². The summed E-state index contributed by atoms with van der Waals surface area (Å²) in [5.74, 6) is -7.92. The van der Waals surface area contributed by atoms with E-state index in [1.807, 2.05) is 0 Å². The van der Waals surface area contributed by atoms with Crippen LogP contribution in [0.15, 0.2) is 29.3 Å². The molecular formula is C20H21F4NO3S. The van der Waals surface area contributed by atoms with E-state index < -0.39 is 39.5 Å². The van der Waals surface area contributed by atoms with Crippen molar-refractivity contribution in [2.75, 3.05) is 19.8 Å². The maximum Gasteiger partial charge on any atom is 0.251 e. The average molecular weight is 431 g/mol. The van der Waals surface area contributed by atoms with Crippen molar-refractivity contribution < 1.29 is 31.9 Å². The molecule has 0 N–H and O–H groups in total. The van der Waals surface area contributed by atoms with Crippen LogP contribution in [0.5, 0.6) is 0 Å². The summed E-state index contributed by atoms with van der Waals surface area (Å²) >= 11 is 3.35. The minimum Gasteiger partial charge on any atom is -0.380 e. The third kappa shape index (κ3) is 5.70. The maximum absolute atomic E-state index is 13.8. The molecular weight excluding hydrogens is 410 g/mol. The average Bonchev–Trinajstić information content (AvgIpc) is 3.01. The van der Waals surface area contributed by atoms with Crippen molar-refractivity contribution in [3.63, 3.8) is 0 Å². The summed E-state index contributed by atoms with van der Waals surface area (Å²) in [6, 6.07) is 0. The number of unbranched alkanes of at least 4 members (excludes halogenated alkanes) is 3. The Morgan fingerprint density at radius 2 is 1.59 bits per heavy atom. The number of nitrogens with zero attached hydrogens (tertiary/aromatic N) is 1. The zero-order valence-corrected chi connectivity index (χ0v) is 16.5. The Balaban J connectivity index is 1.63. The van der Waals surface area contributed by atoms with Crippen molar-refractivity contribution in [2.24, 2.45) is 0 Å². The summed E-state index contributed by atoms with van der Waals surface area (Å²) in [7, 11) is 0. The van der Waals surface area contributed by atoms with E-state index >= 15 is 0 Å². The van der Waals surface area contributed by atoms with Gasteiger partial charge in [0.2, 0.25) is 0 Å². The van der Waals surface area contributed by atoms with Crippen molar-refractivity contribution in [2.45, 2.75) is 37.0 Å². The van der Waals surface area contributed by atoms with Crippen LogP contribution in [-0.2, 0) is 9.53 Å². The van der Waals surface area contributed by atoms with Crippen LogP contribution in [0, 0.1) is 23.3 Å². The standard InChI is InChI=1S/C20H21F4NO3S/c1-12-7-8-14(27)25(12)9-11-28-10-5-3-2-4-6-13(26)15-16(21)18(23)20(29)19(24)17(15)22/h7-8,29H,1-6,9-11H2. The first-order chi connectivity index (χ1) is 13.8. The number of ketones is 1. The lowest BCUT2D eigenvalue weighted by atomic mass is 10.0. The number of thiol groups is 1. The molecule has 0 aliphatic carbocycles. The van der Waals surface area contributed by atoms with Gasteiger partial charge >= 0.3 is 0 Å². The Hall–Kier alpha value is -2.13. The van der Waals surface area contributed by atoms with E-state index in [4.69, 9.17) is 4.74 Å². The third-order valence-corrected chi connectivity index (χ3v) is 4.84. The Labute approximate surface area is 171 Å². The fourth-order valence-electron chi connectivity index (χ4n) is 2.83. The van der Waals surface area contributed by atoms with Gasteiger partial charge < -0.3 is 9.64 Å². The van der Waals surface area contributed by atoms with E-state index in [1.165, 1.54) is 11.0 Å². The Bertz CT molecular complexity index is 795. The number of carbonyl (C=O) groups excluding carboxylic acids is 2. The fraction of sp³-hybridized carbons (Fsp3) is 0.400. The van der Waals surface area contributed by atoms with E-state index in [0.29, 0.717) is 51.1 Å². The molecule has 29 heavy (non-hydrogen) atoms. The summed E-state index contributed by atoms with van der Waals surface area (Å²) in [6.07, 6.45) is 5.14. The second-order valence-corrected chi connectivity index (χ2v) is 6.94. The number of carbonyl (C=O) groups is 2. The molecule has 0 unspecified atom stereocenters. The summed E-state index contributed by atoms with van der Waals surface area (Å²) < 4.78 is 59.9. The van der Waals surface area contributed by atoms with Gasteiger partial charge in [0, 0.05) is 31.3 Å². The largest absolute Gasteiger partial charge is 0.380 e. The molecule has 1 amide bonds. The topological polar surface area (TPSA) is 46.6 Å². The highest BCUT2D eigenvalue weighted by molar-refractivity contribution is 7.80. The van der Waals surface area contributed by atoms with Gasteiger partial charge in [-0.25, -0.2) is 17.6 Å². The summed E-state index contributed by atoms with van der Waals surface area (Å²) in [5, 5.41) is 0. The molecule has 0 bridgehead atoms. The van der Waals surface area contributed by atoms with Crippen molar-refractivity contribution in [1.29, 1.82) is 0 Å². The molecule has 158 valence electrons. The van der Waals surface area contributed by atoms with Crippen molar-refractivity contribution >= 4 is 24.3 Å². The van der Waals surface area contributed by atoms with Gasteiger partial charge in [-0.2, -0.15) is 0 Å². The maximum atomic E-state index is 13.8. The van der Waals surface area contributed by atoms with Gasteiger partial charge in [-0.3, -0.25) is 9.59 Å². The molecule has 1 heterocycles. The molecule has 9 heteroatoms. The first kappa shape index (κ1) is 23.2. The number of halogens is 4. The van der Waals surface area contributed by atoms with Gasteiger partial charge in [-0.15, -0.1) is 12.6 Å². The molecule has 4 nitrogen and oxygen atoms in total. The number of allylic oxidation sites excluding steroid dienone is 1. The molecule has 1 aromatic rings. The predicted molar refractivity (Wildman–Crippen MR) is 102 cm³/mol. The smallest absolute Gasteiger partial charge is 0.251 e. The quantitative estimate of drug-likeness (QED) is 0.183. The van der Waals surface area contributed by atoms with Gasteiger partial charge in [-0.05, 0) is 18.9 Å². The van der Waals surface area contributed by atoms with Crippen molar-refractivity contribution in [3.8, 4) is 0 Å². The molecule has 0 atom stereocenters. The van der Waals surface area contributed by atoms with E-state index in [1.54, 1.807) is 6.08 Å². The van der Waals surface area contributed by atoms with Gasteiger partial charge in [-0.1, -0.05) is 19.4 Å². The second-order valence-electron chi connectivity index (χ2n) is 6.49. The van der Waals surface area contributed by atoms with E-state index in [2.05, 4.69) is 19.2 Å². The van der Waals surface area contributed by atoms with Crippen molar-refractivity contribution in [3.05, 3.63) is 53.3 Å². The Morgan fingerprint density at radius 1 is 0.966 bits per heavy atom. The van der Waals surface area contributed by atoms with Crippen LogP contribution >= 0.6 is 12.6 Å². The third-order valence-electron chi connectivity index (χ3n) is 4.45. The minimum absolute atomic E-state index is 0.125. The zero-order chi connectivity index (χ0) is 21.6. The molecule has 0 saturated heterocycles. The van der Waals surface area contributed by atoms with Crippen LogP contribution in [0.3, 0.4) is 0 Å². The first-order valence-electron chi connectivity index (χ1n) is 9.10. The highest BCUT2D eigenvalue weighted by atomic mass is 32.1. The lowest BCUT2D eigenvalue weighted by Gasteiger charge is -2.16. The highest BCUT2D eigenvalue weighted by Crippen LogP contribution is 2.27. The second kappa shape index (κ2) is 10.6. The van der Waals surface area contributed by atoms with Gasteiger partial charge in [0.25, 0.3) is 5.91 Å². The van der Waals surface area contributed by atoms with Gasteiger partial charge in [0.15, 0.2) is 29.1 Å². The van der Waals surface area contributed by atoms with E-state index in [-0.39, 0.29) is 12.3 Å². The molecule has 1 aliphatic rings. The number of rotatable bonds is 11. The number of hydrogen-bond acceptors (Lipinski definition) is 4. The van der Waals surface area contributed by atoms with Crippen LogP contribution in [0.4, 0.5) is 17.6 Å². The van der Waals surface area contributed by atoms with Crippen LogP contribution in [0.2, 0.25) is 0 Å². The highest BCUT2D eigenvalue weighted by Gasteiger charge is 2.27. The van der Waals surface area contributed by atoms with Crippen LogP contribution in [0.1, 0.15) is 42.5 Å². The van der Waals surface area contributed by atoms with E-state index in [0.717, 1.165) is 0 Å². The lowest BCUT2D eigenvalue weighted by molar-refractivity contribution is -0.123. The number of Topliss-reactive ketones (excluding diaryl/α,β-unsaturated/α-hetero) is 1. The molecule has 2 rings (SSSR count). The fourth-order valence-corrected chi connectivity index (χ4v) is 3.03. The number of hydrogen-bond donors (Lipinski definition) is 1. The zero-order valence-electron chi connectivity index (χ0n) is 15.6. The number of ether oxygens (including phenoxy) is 1.